The number of carbonyl (C=O) groups is 1. The third-order valence-corrected chi connectivity index (χ3v) is 2.22. The molecule has 0 saturated carbocycles. The lowest BCUT2D eigenvalue weighted by molar-refractivity contribution is -0.422. The van der Waals surface area contributed by atoms with Gasteiger partial charge in [-0.25, -0.2) is 0 Å². The molecule has 0 aliphatic heterocycles. The molecule has 9 nitrogen and oxygen atoms in total. The minimum atomic E-state index is -0.927. The van der Waals surface area contributed by atoms with Crippen LogP contribution in [0.15, 0.2) is 12.1 Å². The molecule has 1 amide bonds. The minimum absolute atomic E-state index is 0.0970. The van der Waals surface area contributed by atoms with Gasteiger partial charge in [0.05, 0.1) is 21.1 Å². The van der Waals surface area contributed by atoms with Gasteiger partial charge in [0.2, 0.25) is 0 Å². The Hall–Kier alpha value is -2.71. The lowest BCUT2D eigenvalue weighted by atomic mass is 10.1. The highest BCUT2D eigenvalue weighted by molar-refractivity contribution is 6.00. The summed E-state index contributed by atoms with van der Waals surface area (Å²) in [4.78, 5) is 31.0. The van der Waals surface area contributed by atoms with Crippen LogP contribution < -0.4 is 11.1 Å². The molecule has 0 saturated heterocycles. The van der Waals surface area contributed by atoms with Gasteiger partial charge in [-0.05, 0) is 13.8 Å². The third-order valence-electron chi connectivity index (χ3n) is 2.22. The zero-order valence-electron chi connectivity index (χ0n) is 10.2. The van der Waals surface area contributed by atoms with E-state index >= 15 is 0 Å². The van der Waals surface area contributed by atoms with Crippen molar-refractivity contribution in [2.24, 2.45) is 5.73 Å². The van der Waals surface area contributed by atoms with Gasteiger partial charge in [0.1, 0.15) is 0 Å². The van der Waals surface area contributed by atoms with Crippen LogP contribution in [0.25, 0.3) is 0 Å². The average Bonchev–Trinajstić information content (AvgIpc) is 2.26. The highest BCUT2D eigenvalue weighted by atomic mass is 16.6. The smallest absolute Gasteiger partial charge is 0.348 e. The van der Waals surface area contributed by atoms with E-state index in [0.717, 1.165) is 12.1 Å². The lowest BCUT2D eigenvalue weighted by Crippen LogP contribution is -2.18. The number of benzene rings is 1. The van der Waals surface area contributed by atoms with Crippen LogP contribution in [-0.4, -0.2) is 21.8 Å². The normalized spacial score (nSPS) is 10.3. The Morgan fingerprint density at radius 2 is 1.68 bits per heavy atom. The zero-order valence-corrected chi connectivity index (χ0v) is 10.2. The number of amides is 1. The van der Waals surface area contributed by atoms with Crippen LogP contribution in [0.5, 0.6) is 0 Å². The van der Waals surface area contributed by atoms with E-state index in [0.29, 0.717) is 0 Å². The quantitative estimate of drug-likeness (QED) is 0.610. The van der Waals surface area contributed by atoms with E-state index in [1.807, 2.05) is 0 Å². The Bertz CT molecular complexity index is 555. The molecular formula is C10H12N4O5. The molecule has 0 unspecified atom stereocenters. The predicted octanol–water partition coefficient (Wildman–Crippen LogP) is 1.42. The van der Waals surface area contributed by atoms with Crippen molar-refractivity contribution in [2.45, 2.75) is 19.9 Å². The van der Waals surface area contributed by atoms with E-state index in [1.165, 1.54) is 0 Å². The summed E-state index contributed by atoms with van der Waals surface area (Å²) in [5.41, 5.74) is 3.58. The van der Waals surface area contributed by atoms with Gasteiger partial charge in [-0.1, -0.05) is 0 Å². The first kappa shape index (κ1) is 14.4. The van der Waals surface area contributed by atoms with Crippen LogP contribution in [0.3, 0.4) is 0 Å². The van der Waals surface area contributed by atoms with Crippen molar-refractivity contribution in [3.8, 4) is 0 Å². The molecule has 0 bridgehead atoms. The monoisotopic (exact) mass is 268 g/mol. The van der Waals surface area contributed by atoms with E-state index in [-0.39, 0.29) is 17.3 Å². The fourth-order valence-corrected chi connectivity index (χ4v) is 1.50. The first-order valence-electron chi connectivity index (χ1n) is 5.27. The van der Waals surface area contributed by atoms with Gasteiger partial charge in [0.25, 0.3) is 5.91 Å². The van der Waals surface area contributed by atoms with Crippen molar-refractivity contribution in [3.05, 3.63) is 37.9 Å². The highest BCUT2D eigenvalue weighted by Gasteiger charge is 2.28. The van der Waals surface area contributed by atoms with Gasteiger partial charge < -0.3 is 11.1 Å². The fraction of sp³-hybridized carbons (Fsp3) is 0.300. The molecule has 1 aromatic rings. The number of nitro groups is 2. The second-order valence-corrected chi connectivity index (χ2v) is 4.06. The Balaban J connectivity index is 3.54. The number of nitro benzene ring substituents is 2. The van der Waals surface area contributed by atoms with E-state index in [9.17, 15) is 25.0 Å². The summed E-state index contributed by atoms with van der Waals surface area (Å²) in [5, 5.41) is 24.4. The zero-order chi connectivity index (χ0) is 14.7. The van der Waals surface area contributed by atoms with Crippen molar-refractivity contribution >= 4 is 23.0 Å². The Morgan fingerprint density at radius 1 is 1.21 bits per heavy atom. The number of anilines is 1. The number of hydrogen-bond donors (Lipinski definition) is 2. The Morgan fingerprint density at radius 3 is 2.05 bits per heavy atom. The average molecular weight is 268 g/mol. The molecule has 0 aromatic heterocycles. The van der Waals surface area contributed by atoms with Crippen LogP contribution in [0, 0.1) is 20.2 Å². The molecule has 0 heterocycles. The molecule has 9 heteroatoms. The number of nitrogens with two attached hydrogens (primary N) is 1. The first-order valence-corrected chi connectivity index (χ1v) is 5.27. The van der Waals surface area contributed by atoms with E-state index < -0.39 is 27.1 Å². The maximum absolute atomic E-state index is 11.2. The summed E-state index contributed by atoms with van der Waals surface area (Å²) in [7, 11) is 0. The van der Waals surface area contributed by atoms with Crippen molar-refractivity contribution in [1.29, 1.82) is 0 Å². The molecular weight excluding hydrogens is 256 g/mol. The van der Waals surface area contributed by atoms with Crippen LogP contribution in [0.1, 0.15) is 24.2 Å². The second kappa shape index (κ2) is 5.29. The molecule has 1 aromatic carbocycles. The summed E-state index contributed by atoms with van der Waals surface area (Å²) in [6, 6.07) is 1.63. The molecule has 0 spiro atoms. The van der Waals surface area contributed by atoms with Crippen molar-refractivity contribution in [1.82, 2.24) is 0 Å². The SMILES string of the molecule is CC(C)Nc1cc([N+](=O)[O-])c([N+](=O)[O-])cc1C(N)=O. The molecule has 0 aliphatic carbocycles. The number of nitrogens with zero attached hydrogens (tertiary/aromatic N) is 2. The largest absolute Gasteiger partial charge is 0.382 e. The second-order valence-electron chi connectivity index (χ2n) is 4.06. The summed E-state index contributed by atoms with van der Waals surface area (Å²) < 4.78 is 0. The third kappa shape index (κ3) is 3.15. The number of rotatable bonds is 5. The van der Waals surface area contributed by atoms with E-state index in [1.54, 1.807) is 13.8 Å². The summed E-state index contributed by atoms with van der Waals surface area (Å²) in [5.74, 6) is -0.902. The number of hydrogen-bond acceptors (Lipinski definition) is 6. The van der Waals surface area contributed by atoms with Crippen LogP contribution in [-0.2, 0) is 0 Å². The van der Waals surface area contributed by atoms with E-state index in [4.69, 9.17) is 5.73 Å². The predicted molar refractivity (Wildman–Crippen MR) is 67.0 cm³/mol. The van der Waals surface area contributed by atoms with Gasteiger partial charge in [-0.15, -0.1) is 0 Å². The molecule has 0 aliphatic rings. The van der Waals surface area contributed by atoms with Gasteiger partial charge in [-0.3, -0.25) is 25.0 Å². The minimum Gasteiger partial charge on any atom is -0.382 e. The van der Waals surface area contributed by atoms with Gasteiger partial charge in [-0.2, -0.15) is 0 Å². The number of nitrogens with one attached hydrogen (secondary N) is 1. The Kier molecular flexibility index (Phi) is 4.00. The topological polar surface area (TPSA) is 141 Å². The highest BCUT2D eigenvalue weighted by Crippen LogP contribution is 2.33. The van der Waals surface area contributed by atoms with Crippen molar-refractivity contribution in [2.75, 3.05) is 5.32 Å². The molecule has 0 fully saturated rings. The van der Waals surface area contributed by atoms with Gasteiger partial charge >= 0.3 is 11.4 Å². The van der Waals surface area contributed by atoms with Crippen molar-refractivity contribution < 1.29 is 14.6 Å². The van der Waals surface area contributed by atoms with Crippen LogP contribution in [0.4, 0.5) is 17.1 Å². The Labute approximate surface area is 107 Å². The molecule has 19 heavy (non-hydrogen) atoms. The van der Waals surface area contributed by atoms with Crippen molar-refractivity contribution in [3.63, 3.8) is 0 Å². The first-order chi connectivity index (χ1) is 8.73. The molecule has 102 valence electrons. The maximum Gasteiger partial charge on any atom is 0.348 e. The number of carbonyl (C=O) groups excluding carboxylic acids is 1. The maximum atomic E-state index is 11.2. The van der Waals surface area contributed by atoms with Gasteiger partial charge in [0.15, 0.2) is 0 Å². The summed E-state index contributed by atoms with van der Waals surface area (Å²) in [6.07, 6.45) is 0. The summed E-state index contributed by atoms with van der Waals surface area (Å²) >= 11 is 0. The molecule has 1 rings (SSSR count). The van der Waals surface area contributed by atoms with Gasteiger partial charge in [0, 0.05) is 18.2 Å². The number of primary amides is 1. The van der Waals surface area contributed by atoms with Crippen LogP contribution >= 0.6 is 0 Å². The van der Waals surface area contributed by atoms with E-state index in [2.05, 4.69) is 5.32 Å². The summed E-state index contributed by atoms with van der Waals surface area (Å²) in [6.45, 7) is 3.50. The standard InChI is InChI=1S/C10H12N4O5/c1-5(2)12-7-4-9(14(18)19)8(13(16)17)3-6(7)10(11)15/h3-5,12H,1-2H3,(H2,11,15). The fourth-order valence-electron chi connectivity index (χ4n) is 1.50. The molecule has 3 N–H and O–H groups in total. The molecule has 0 atom stereocenters. The van der Waals surface area contributed by atoms with Crippen LogP contribution in [0.2, 0.25) is 0 Å². The molecule has 0 radical (unpaired) electrons. The lowest BCUT2D eigenvalue weighted by Gasteiger charge is -2.12.